The lowest BCUT2D eigenvalue weighted by Crippen LogP contribution is -2.50. The largest absolute Gasteiger partial charge is 0.393 e. The van der Waals surface area contributed by atoms with Gasteiger partial charge >= 0.3 is 0 Å². The molecule has 0 amide bonds. The van der Waals surface area contributed by atoms with E-state index in [4.69, 9.17) is 0 Å². The first-order valence-corrected chi connectivity index (χ1v) is 13.6. The lowest BCUT2D eigenvalue weighted by molar-refractivity contribution is -0.0575. The average molecular weight is 415 g/mol. The Bertz CT molecular complexity index is 634. The third kappa shape index (κ3) is 3.74. The Kier molecular flexibility index (Phi) is 6.53. The van der Waals surface area contributed by atoms with Crippen molar-refractivity contribution in [1.29, 1.82) is 0 Å². The van der Waals surface area contributed by atoms with Crippen LogP contribution in [0.1, 0.15) is 112 Å². The molecule has 30 heavy (non-hydrogen) atoms. The van der Waals surface area contributed by atoms with Gasteiger partial charge in [-0.25, -0.2) is 0 Å². The molecule has 5 unspecified atom stereocenters. The molecule has 4 aliphatic rings. The zero-order valence-corrected chi connectivity index (χ0v) is 20.9. The Balaban J connectivity index is 1.47. The van der Waals surface area contributed by atoms with Gasteiger partial charge in [0.25, 0.3) is 0 Å². The van der Waals surface area contributed by atoms with Crippen LogP contribution in [0.4, 0.5) is 0 Å². The van der Waals surface area contributed by atoms with E-state index in [-0.39, 0.29) is 6.10 Å². The van der Waals surface area contributed by atoms with E-state index in [1.165, 1.54) is 57.8 Å². The van der Waals surface area contributed by atoms with Gasteiger partial charge < -0.3 is 5.11 Å². The second-order valence-electron chi connectivity index (χ2n) is 12.9. The minimum atomic E-state index is -0.0794. The lowest BCUT2D eigenvalue weighted by atomic mass is 9.47. The summed E-state index contributed by atoms with van der Waals surface area (Å²) in [6.45, 7) is 15.1. The van der Waals surface area contributed by atoms with E-state index >= 15 is 0 Å². The van der Waals surface area contributed by atoms with Crippen LogP contribution < -0.4 is 0 Å². The maximum absolute atomic E-state index is 10.2. The van der Waals surface area contributed by atoms with Crippen LogP contribution in [0.5, 0.6) is 0 Å². The minimum absolute atomic E-state index is 0.0794. The number of hydrogen-bond donors (Lipinski definition) is 1. The molecule has 1 heteroatoms. The fourth-order valence-corrected chi connectivity index (χ4v) is 9.30. The van der Waals surface area contributed by atoms with E-state index < -0.39 is 0 Å². The van der Waals surface area contributed by atoms with Crippen molar-refractivity contribution in [2.24, 2.45) is 52.3 Å². The van der Waals surface area contributed by atoms with E-state index in [1.54, 1.807) is 5.57 Å². The van der Waals surface area contributed by atoms with Crippen molar-refractivity contribution in [3.05, 3.63) is 11.6 Å². The predicted molar refractivity (Wildman–Crippen MR) is 128 cm³/mol. The molecular weight excluding hydrogens is 364 g/mol. The van der Waals surface area contributed by atoms with Gasteiger partial charge in [-0.05, 0) is 110 Å². The second kappa shape index (κ2) is 8.57. The van der Waals surface area contributed by atoms with Gasteiger partial charge in [0.1, 0.15) is 0 Å². The minimum Gasteiger partial charge on any atom is -0.393 e. The molecule has 0 aromatic rings. The molecule has 0 radical (unpaired) electrons. The Labute approximate surface area is 187 Å². The SMILES string of the molecule is CC[C@H](CC[C@@H](C)C1CCC2C3CC=C4CC(O)CC[C@]4(C)C3CC[C@@]21C)C(C)C. The van der Waals surface area contributed by atoms with E-state index in [0.717, 1.165) is 54.3 Å². The van der Waals surface area contributed by atoms with Crippen molar-refractivity contribution in [3.63, 3.8) is 0 Å². The van der Waals surface area contributed by atoms with Gasteiger partial charge in [-0.3, -0.25) is 0 Å². The van der Waals surface area contributed by atoms with Crippen molar-refractivity contribution >= 4 is 0 Å². The number of aliphatic hydroxyl groups excluding tert-OH is 1. The van der Waals surface area contributed by atoms with Gasteiger partial charge in [-0.15, -0.1) is 0 Å². The third-order valence-corrected chi connectivity index (χ3v) is 11.3. The first-order chi connectivity index (χ1) is 14.2. The second-order valence-corrected chi connectivity index (χ2v) is 12.9. The number of hydrogen-bond acceptors (Lipinski definition) is 1. The molecule has 3 saturated carbocycles. The Hall–Kier alpha value is -0.300. The standard InChI is InChI=1S/C29H50O/c1-7-21(19(2)3)9-8-20(4)25-12-13-26-24-11-10-22-18-23(30)14-16-28(22,5)27(24)15-17-29(25,26)6/h10,19-21,23-27,30H,7-9,11-18H2,1-6H3/t20-,21-,23?,24?,25?,26?,27?,28+,29-/m1/s1. The summed E-state index contributed by atoms with van der Waals surface area (Å²) in [6, 6.07) is 0. The highest BCUT2D eigenvalue weighted by Crippen LogP contribution is 2.67. The third-order valence-electron chi connectivity index (χ3n) is 11.3. The summed E-state index contributed by atoms with van der Waals surface area (Å²) in [7, 11) is 0. The van der Waals surface area contributed by atoms with Gasteiger partial charge in [0, 0.05) is 0 Å². The summed E-state index contributed by atoms with van der Waals surface area (Å²) in [5.41, 5.74) is 2.59. The molecule has 1 N–H and O–H groups in total. The monoisotopic (exact) mass is 414 g/mol. The van der Waals surface area contributed by atoms with Crippen LogP contribution in [0, 0.1) is 52.3 Å². The van der Waals surface area contributed by atoms with E-state index in [9.17, 15) is 5.11 Å². The zero-order chi connectivity index (χ0) is 21.7. The highest BCUT2D eigenvalue weighted by molar-refractivity contribution is 5.25. The fourth-order valence-electron chi connectivity index (χ4n) is 9.30. The van der Waals surface area contributed by atoms with Gasteiger partial charge in [0.05, 0.1) is 6.10 Å². The first-order valence-electron chi connectivity index (χ1n) is 13.6. The topological polar surface area (TPSA) is 20.2 Å². The molecule has 0 aromatic heterocycles. The Morgan fingerprint density at radius 1 is 1.00 bits per heavy atom. The van der Waals surface area contributed by atoms with Crippen molar-refractivity contribution in [2.75, 3.05) is 0 Å². The molecule has 4 rings (SSSR count). The van der Waals surface area contributed by atoms with Crippen LogP contribution in [-0.2, 0) is 0 Å². The van der Waals surface area contributed by atoms with Crippen LogP contribution in [-0.4, -0.2) is 11.2 Å². The van der Waals surface area contributed by atoms with Gasteiger partial charge in [-0.1, -0.05) is 66.0 Å². The van der Waals surface area contributed by atoms with E-state index in [1.807, 2.05) is 0 Å². The normalized spacial score (nSPS) is 45.3. The van der Waals surface area contributed by atoms with Gasteiger partial charge in [0.2, 0.25) is 0 Å². The Morgan fingerprint density at radius 2 is 1.77 bits per heavy atom. The molecule has 0 aromatic carbocycles. The molecule has 0 aliphatic heterocycles. The maximum Gasteiger partial charge on any atom is 0.0577 e. The molecule has 0 heterocycles. The van der Waals surface area contributed by atoms with Crippen LogP contribution in [0.25, 0.3) is 0 Å². The van der Waals surface area contributed by atoms with E-state index in [0.29, 0.717) is 10.8 Å². The lowest BCUT2D eigenvalue weighted by Gasteiger charge is -2.58. The number of fused-ring (bicyclic) bond motifs is 5. The summed E-state index contributed by atoms with van der Waals surface area (Å²) in [6.07, 6.45) is 17.1. The summed E-state index contributed by atoms with van der Waals surface area (Å²) in [5, 5.41) is 10.2. The van der Waals surface area contributed by atoms with Crippen LogP contribution >= 0.6 is 0 Å². The molecule has 3 fully saturated rings. The number of rotatable bonds is 6. The van der Waals surface area contributed by atoms with Crippen molar-refractivity contribution in [1.82, 2.24) is 0 Å². The molecule has 1 nitrogen and oxygen atoms in total. The van der Waals surface area contributed by atoms with Crippen LogP contribution in [0.2, 0.25) is 0 Å². The highest BCUT2D eigenvalue weighted by Gasteiger charge is 2.59. The summed E-state index contributed by atoms with van der Waals surface area (Å²) in [4.78, 5) is 0. The molecule has 4 aliphatic carbocycles. The van der Waals surface area contributed by atoms with Gasteiger partial charge in [0.15, 0.2) is 0 Å². The van der Waals surface area contributed by atoms with E-state index in [2.05, 4.69) is 47.6 Å². The molecule has 172 valence electrons. The van der Waals surface area contributed by atoms with Crippen molar-refractivity contribution in [3.8, 4) is 0 Å². The highest BCUT2D eigenvalue weighted by atomic mass is 16.3. The number of allylic oxidation sites excluding steroid dienone is 1. The quantitative estimate of drug-likeness (QED) is 0.436. The van der Waals surface area contributed by atoms with Crippen LogP contribution in [0.15, 0.2) is 11.6 Å². The predicted octanol–water partition coefficient (Wildman–Crippen LogP) is 8.02. The molecule has 9 atom stereocenters. The smallest absolute Gasteiger partial charge is 0.0577 e. The first kappa shape index (κ1) is 22.9. The van der Waals surface area contributed by atoms with Crippen LogP contribution in [0.3, 0.4) is 0 Å². The Morgan fingerprint density at radius 3 is 2.47 bits per heavy atom. The van der Waals surface area contributed by atoms with Gasteiger partial charge in [-0.2, -0.15) is 0 Å². The van der Waals surface area contributed by atoms with Crippen molar-refractivity contribution < 1.29 is 5.11 Å². The summed E-state index contributed by atoms with van der Waals surface area (Å²) >= 11 is 0. The van der Waals surface area contributed by atoms with Crippen molar-refractivity contribution in [2.45, 2.75) is 118 Å². The molecule has 0 saturated heterocycles. The summed E-state index contributed by atoms with van der Waals surface area (Å²) in [5.74, 6) is 6.31. The number of aliphatic hydroxyl groups is 1. The summed E-state index contributed by atoms with van der Waals surface area (Å²) < 4.78 is 0. The average Bonchev–Trinajstić information content (AvgIpc) is 3.06. The molecule has 0 bridgehead atoms. The maximum atomic E-state index is 10.2. The fraction of sp³-hybridized carbons (Fsp3) is 0.931. The zero-order valence-electron chi connectivity index (χ0n) is 20.9. The molecule has 0 spiro atoms. The molecular formula is C29H50O.